The molecule has 0 amide bonds. The topological polar surface area (TPSA) is 46.2 Å². The fraction of sp³-hybridized carbons (Fsp3) is 0.538. The molecule has 112 valence electrons. The fourth-order valence-corrected chi connectivity index (χ4v) is 3.79. The summed E-state index contributed by atoms with van der Waals surface area (Å²) in [6, 6.07) is 5.50. The van der Waals surface area contributed by atoms with E-state index < -0.39 is 15.6 Å². The first-order valence-corrected chi connectivity index (χ1v) is 9.08. The third-order valence-corrected chi connectivity index (χ3v) is 6.55. The minimum atomic E-state index is -4.50. The number of nitrogens with one attached hydrogen (secondary N) is 1. The molecule has 0 radical (unpaired) electrons. The summed E-state index contributed by atoms with van der Waals surface area (Å²) >= 11 is 1.83. The highest BCUT2D eigenvalue weighted by Gasteiger charge is 2.35. The van der Waals surface area contributed by atoms with Crippen LogP contribution in [0.15, 0.2) is 29.2 Å². The van der Waals surface area contributed by atoms with E-state index in [1.54, 1.807) is 0 Å². The van der Waals surface area contributed by atoms with E-state index in [1.807, 2.05) is 11.8 Å². The molecule has 1 saturated carbocycles. The van der Waals surface area contributed by atoms with E-state index in [9.17, 15) is 17.2 Å². The Hall–Kier alpha value is -0.820. The van der Waals surface area contributed by atoms with Gasteiger partial charge in [0.25, 0.3) is 0 Å². The van der Waals surface area contributed by atoms with Gasteiger partial charge >= 0.3 is 5.76 Å². The Morgan fingerprint density at radius 2 is 1.90 bits per heavy atom. The second kappa shape index (κ2) is 5.89. The molecule has 1 fully saturated rings. The molecule has 1 aliphatic rings. The summed E-state index contributed by atoms with van der Waals surface area (Å²) in [6.07, 6.45) is 5.64. The molecular formula is C13H17F2NO2S2. The van der Waals surface area contributed by atoms with E-state index >= 15 is 0 Å². The quantitative estimate of drug-likeness (QED) is 0.872. The van der Waals surface area contributed by atoms with Crippen LogP contribution in [-0.4, -0.2) is 31.7 Å². The Balaban J connectivity index is 2.02. The van der Waals surface area contributed by atoms with Gasteiger partial charge in [-0.2, -0.15) is 20.5 Å². The minimum Gasteiger partial charge on any atom is -0.384 e. The first kappa shape index (κ1) is 15.6. The van der Waals surface area contributed by atoms with Gasteiger partial charge < -0.3 is 5.32 Å². The lowest BCUT2D eigenvalue weighted by Gasteiger charge is -2.40. The molecule has 7 heteroatoms. The zero-order chi connectivity index (χ0) is 14.8. The van der Waals surface area contributed by atoms with E-state index in [0.29, 0.717) is 0 Å². The largest absolute Gasteiger partial charge is 0.384 e. The van der Waals surface area contributed by atoms with Crippen molar-refractivity contribution >= 4 is 27.3 Å². The van der Waals surface area contributed by atoms with Crippen molar-refractivity contribution in [3.8, 4) is 0 Å². The maximum atomic E-state index is 12.4. The van der Waals surface area contributed by atoms with Gasteiger partial charge in [0, 0.05) is 17.0 Å². The smallest absolute Gasteiger partial charge is 0.341 e. The number of hydrogen-bond donors (Lipinski definition) is 1. The van der Waals surface area contributed by atoms with E-state index in [1.165, 1.54) is 43.5 Å². The summed E-state index contributed by atoms with van der Waals surface area (Å²) in [6.45, 7) is 0.801. The monoisotopic (exact) mass is 321 g/mol. The maximum Gasteiger partial charge on any atom is 0.341 e. The van der Waals surface area contributed by atoms with Gasteiger partial charge in [-0.05, 0) is 43.4 Å². The maximum absolute atomic E-state index is 12.4. The number of sulfone groups is 1. The molecule has 0 aromatic heterocycles. The summed E-state index contributed by atoms with van der Waals surface area (Å²) in [4.78, 5) is -0.346. The number of thioether (sulfide) groups is 1. The molecule has 0 heterocycles. The van der Waals surface area contributed by atoms with Gasteiger partial charge in [0.15, 0.2) is 0 Å². The van der Waals surface area contributed by atoms with Crippen LogP contribution in [0.1, 0.15) is 19.3 Å². The molecule has 0 aliphatic heterocycles. The predicted molar refractivity (Wildman–Crippen MR) is 78.2 cm³/mol. The van der Waals surface area contributed by atoms with Gasteiger partial charge in [-0.25, -0.2) is 8.42 Å². The molecule has 1 aliphatic carbocycles. The third-order valence-electron chi connectivity index (χ3n) is 3.73. The summed E-state index contributed by atoms with van der Waals surface area (Å²) in [5.41, 5.74) is 0.749. The number of anilines is 1. The first-order valence-electron chi connectivity index (χ1n) is 6.31. The molecule has 0 atom stereocenters. The van der Waals surface area contributed by atoms with Crippen molar-refractivity contribution in [1.29, 1.82) is 0 Å². The third kappa shape index (κ3) is 3.09. The number of hydrogen-bond acceptors (Lipinski definition) is 4. The molecule has 0 saturated heterocycles. The standard InChI is InChI=1S/C13H17F2NO2S2/c1-19-13(7-2-8-13)9-16-10-3-5-11(6-4-10)20(17,18)12(14)15/h3-6,12,16H,2,7-9H2,1H3. The Bertz CT molecular complexity index is 549. The average Bonchev–Trinajstić information content (AvgIpc) is 2.38. The second-order valence-electron chi connectivity index (χ2n) is 4.92. The number of rotatable bonds is 6. The number of halogens is 2. The molecule has 0 spiro atoms. The Kier molecular flexibility index (Phi) is 4.59. The van der Waals surface area contributed by atoms with Crippen LogP contribution in [-0.2, 0) is 9.84 Å². The molecule has 1 aromatic carbocycles. The lowest BCUT2D eigenvalue weighted by Crippen LogP contribution is -2.40. The van der Waals surface area contributed by atoms with Crippen LogP contribution in [0.5, 0.6) is 0 Å². The fourth-order valence-electron chi connectivity index (χ4n) is 2.15. The minimum absolute atomic E-state index is 0.258. The predicted octanol–water partition coefficient (Wildman–Crippen LogP) is 3.38. The molecule has 1 aromatic rings. The van der Waals surface area contributed by atoms with Gasteiger partial charge in [-0.15, -0.1) is 0 Å². The molecule has 2 rings (SSSR count). The van der Waals surface area contributed by atoms with Crippen molar-refractivity contribution in [3.63, 3.8) is 0 Å². The van der Waals surface area contributed by atoms with Gasteiger partial charge in [0.1, 0.15) is 0 Å². The normalized spacial score (nSPS) is 17.8. The van der Waals surface area contributed by atoms with Gasteiger partial charge in [-0.1, -0.05) is 6.42 Å². The van der Waals surface area contributed by atoms with Gasteiger partial charge in [0.2, 0.25) is 9.84 Å². The number of alkyl halides is 2. The van der Waals surface area contributed by atoms with Crippen molar-refractivity contribution in [2.24, 2.45) is 0 Å². The summed E-state index contributed by atoms with van der Waals surface area (Å²) in [5.74, 6) is -3.38. The lowest BCUT2D eigenvalue weighted by atomic mass is 9.84. The SMILES string of the molecule is CSC1(CNc2ccc(S(=O)(=O)C(F)F)cc2)CCC1. The van der Waals surface area contributed by atoms with Gasteiger partial charge in [-0.3, -0.25) is 0 Å². The molecule has 20 heavy (non-hydrogen) atoms. The second-order valence-corrected chi connectivity index (χ2v) is 8.12. The molecular weight excluding hydrogens is 304 g/mol. The van der Waals surface area contributed by atoms with E-state index in [4.69, 9.17) is 0 Å². The van der Waals surface area contributed by atoms with Crippen molar-refractivity contribution in [2.45, 2.75) is 34.7 Å². The first-order chi connectivity index (χ1) is 9.39. The van der Waals surface area contributed by atoms with E-state index in [-0.39, 0.29) is 9.64 Å². The van der Waals surface area contributed by atoms with Crippen LogP contribution in [0, 0.1) is 0 Å². The average molecular weight is 321 g/mol. The Labute approximate surface area is 122 Å². The Morgan fingerprint density at radius 1 is 1.30 bits per heavy atom. The molecule has 3 nitrogen and oxygen atoms in total. The van der Waals surface area contributed by atoms with Crippen LogP contribution in [0.2, 0.25) is 0 Å². The summed E-state index contributed by atoms with van der Waals surface area (Å²) in [7, 11) is -4.50. The number of benzene rings is 1. The highest BCUT2D eigenvalue weighted by Crippen LogP contribution is 2.42. The van der Waals surface area contributed by atoms with Crippen LogP contribution >= 0.6 is 11.8 Å². The van der Waals surface area contributed by atoms with E-state index in [2.05, 4.69) is 11.6 Å². The van der Waals surface area contributed by atoms with Gasteiger partial charge in [0.05, 0.1) is 4.90 Å². The lowest BCUT2D eigenvalue weighted by molar-refractivity contribution is 0.234. The van der Waals surface area contributed by atoms with Crippen LogP contribution in [0.3, 0.4) is 0 Å². The zero-order valence-electron chi connectivity index (χ0n) is 11.1. The summed E-state index contributed by atoms with van der Waals surface area (Å²) in [5, 5.41) is 3.24. The highest BCUT2D eigenvalue weighted by atomic mass is 32.2. The summed E-state index contributed by atoms with van der Waals surface area (Å²) < 4.78 is 47.6. The zero-order valence-corrected chi connectivity index (χ0v) is 12.7. The van der Waals surface area contributed by atoms with Crippen molar-refractivity contribution in [3.05, 3.63) is 24.3 Å². The van der Waals surface area contributed by atoms with Crippen molar-refractivity contribution in [1.82, 2.24) is 0 Å². The van der Waals surface area contributed by atoms with Crippen LogP contribution in [0.25, 0.3) is 0 Å². The van der Waals surface area contributed by atoms with Crippen molar-refractivity contribution < 1.29 is 17.2 Å². The molecule has 0 unspecified atom stereocenters. The van der Waals surface area contributed by atoms with E-state index in [0.717, 1.165) is 12.2 Å². The molecule has 0 bridgehead atoms. The highest BCUT2D eigenvalue weighted by molar-refractivity contribution is 8.00. The molecule has 1 N–H and O–H groups in total. The van der Waals surface area contributed by atoms with Crippen LogP contribution < -0.4 is 5.32 Å². The Morgan fingerprint density at radius 3 is 2.30 bits per heavy atom. The van der Waals surface area contributed by atoms with Crippen LogP contribution in [0.4, 0.5) is 14.5 Å². The van der Waals surface area contributed by atoms with Crippen molar-refractivity contribution in [2.75, 3.05) is 18.1 Å².